The summed E-state index contributed by atoms with van der Waals surface area (Å²) in [5, 5.41) is 3.68. The van der Waals surface area contributed by atoms with Gasteiger partial charge in [-0.05, 0) is 32.0 Å². The zero-order valence-corrected chi connectivity index (χ0v) is 17.6. The number of hydrogen-bond acceptors (Lipinski definition) is 6. The third kappa shape index (κ3) is 4.19. The molecule has 0 saturated carbocycles. The van der Waals surface area contributed by atoms with Crippen molar-refractivity contribution < 1.29 is 9.47 Å². The number of fused-ring (bicyclic) bond motifs is 1. The van der Waals surface area contributed by atoms with Crippen LogP contribution in [-0.2, 0) is 13.1 Å². The molecule has 154 valence electrons. The van der Waals surface area contributed by atoms with Crippen LogP contribution in [0.4, 0.5) is 5.95 Å². The van der Waals surface area contributed by atoms with Crippen LogP contribution in [0.1, 0.15) is 23.6 Å². The zero-order chi connectivity index (χ0) is 21.0. The normalized spacial score (nSPS) is 10.9. The molecule has 0 radical (unpaired) electrons. The molecule has 0 amide bonds. The molecule has 29 heavy (non-hydrogen) atoms. The van der Waals surface area contributed by atoms with Crippen molar-refractivity contribution in [3.05, 3.63) is 57.4 Å². The van der Waals surface area contributed by atoms with Crippen molar-refractivity contribution >= 4 is 16.9 Å². The lowest BCUT2D eigenvalue weighted by atomic mass is 10.1. The highest BCUT2D eigenvalue weighted by Crippen LogP contribution is 2.35. The molecule has 0 aliphatic rings. The number of rotatable bonds is 8. The number of hydrogen-bond donors (Lipinski definition) is 2. The molecule has 0 bridgehead atoms. The molecule has 1 heterocycles. The van der Waals surface area contributed by atoms with Crippen molar-refractivity contribution in [3.8, 4) is 11.5 Å². The second-order valence-electron chi connectivity index (χ2n) is 6.89. The number of methoxy groups -OCH3 is 2. The maximum Gasteiger partial charge on any atom is 0.260 e. The monoisotopic (exact) mass is 396 g/mol. The van der Waals surface area contributed by atoms with Gasteiger partial charge < -0.3 is 19.7 Å². The largest absolute Gasteiger partial charge is 0.493 e. The van der Waals surface area contributed by atoms with Gasteiger partial charge in [-0.25, -0.2) is 4.98 Å². The number of nitrogens with one attached hydrogen (secondary N) is 2. The number of ether oxygens (including phenoxy) is 2. The molecule has 2 N–H and O–H groups in total. The molecule has 0 saturated heterocycles. The standard InChI is InChI=1S/C22H28N4O3/c1-6-26(13-16-9-7-8-15(10-16)12-23-3)22-24-17-11-18(28-4)20(29-5)14(2)19(17)21(27)25-22/h7-11,23H,6,12-13H2,1-5H3,(H,24,25,27). The van der Waals surface area contributed by atoms with Crippen LogP contribution in [-0.4, -0.2) is 37.8 Å². The van der Waals surface area contributed by atoms with Gasteiger partial charge in [-0.2, -0.15) is 0 Å². The first-order valence-corrected chi connectivity index (χ1v) is 9.65. The summed E-state index contributed by atoms with van der Waals surface area (Å²) in [5.74, 6) is 1.65. The van der Waals surface area contributed by atoms with Gasteiger partial charge in [-0.3, -0.25) is 9.78 Å². The average Bonchev–Trinajstić information content (AvgIpc) is 2.71. The molecule has 0 spiro atoms. The first-order chi connectivity index (χ1) is 14.0. The molecule has 7 heteroatoms. The van der Waals surface area contributed by atoms with E-state index in [2.05, 4.69) is 28.5 Å². The molecular formula is C22H28N4O3. The third-order valence-electron chi connectivity index (χ3n) is 4.99. The Morgan fingerprint density at radius 3 is 2.59 bits per heavy atom. The van der Waals surface area contributed by atoms with Gasteiger partial charge in [0, 0.05) is 31.3 Å². The van der Waals surface area contributed by atoms with Gasteiger partial charge in [-0.15, -0.1) is 0 Å². The Morgan fingerprint density at radius 1 is 1.17 bits per heavy atom. The second-order valence-corrected chi connectivity index (χ2v) is 6.89. The third-order valence-corrected chi connectivity index (χ3v) is 4.99. The van der Waals surface area contributed by atoms with Crippen LogP contribution in [0.3, 0.4) is 0 Å². The summed E-state index contributed by atoms with van der Waals surface area (Å²) < 4.78 is 10.8. The highest BCUT2D eigenvalue weighted by atomic mass is 16.5. The summed E-state index contributed by atoms with van der Waals surface area (Å²) in [6.45, 7) is 6.05. The smallest absolute Gasteiger partial charge is 0.260 e. The summed E-state index contributed by atoms with van der Waals surface area (Å²) in [7, 11) is 5.07. The topological polar surface area (TPSA) is 79.5 Å². The summed E-state index contributed by atoms with van der Waals surface area (Å²) in [6, 6.07) is 10.1. The fourth-order valence-corrected chi connectivity index (χ4v) is 3.59. The van der Waals surface area contributed by atoms with Crippen LogP contribution < -0.4 is 25.2 Å². The number of anilines is 1. The fourth-order valence-electron chi connectivity index (χ4n) is 3.59. The first-order valence-electron chi connectivity index (χ1n) is 9.65. The van der Waals surface area contributed by atoms with E-state index in [0.29, 0.717) is 47.0 Å². The summed E-state index contributed by atoms with van der Waals surface area (Å²) >= 11 is 0. The van der Waals surface area contributed by atoms with Crippen molar-refractivity contribution in [2.75, 3.05) is 32.7 Å². The molecule has 1 aromatic heterocycles. The van der Waals surface area contributed by atoms with E-state index in [0.717, 1.165) is 12.1 Å². The lowest BCUT2D eigenvalue weighted by Crippen LogP contribution is -2.27. The van der Waals surface area contributed by atoms with Gasteiger partial charge in [0.05, 0.1) is 25.1 Å². The molecule has 2 aromatic carbocycles. The van der Waals surface area contributed by atoms with E-state index >= 15 is 0 Å². The number of aromatic nitrogens is 2. The van der Waals surface area contributed by atoms with E-state index in [1.165, 1.54) is 5.56 Å². The Hall–Kier alpha value is -3.06. The van der Waals surface area contributed by atoms with E-state index in [4.69, 9.17) is 14.5 Å². The van der Waals surface area contributed by atoms with Crippen LogP contribution in [0.15, 0.2) is 35.1 Å². The molecule has 3 aromatic rings. The number of benzene rings is 2. The average molecular weight is 396 g/mol. The minimum atomic E-state index is -0.189. The highest BCUT2D eigenvalue weighted by Gasteiger charge is 2.18. The Bertz CT molecular complexity index is 1060. The minimum Gasteiger partial charge on any atom is -0.493 e. The Morgan fingerprint density at radius 2 is 1.93 bits per heavy atom. The van der Waals surface area contributed by atoms with Crippen molar-refractivity contribution in [2.45, 2.75) is 26.9 Å². The summed E-state index contributed by atoms with van der Waals surface area (Å²) in [4.78, 5) is 22.6. The zero-order valence-electron chi connectivity index (χ0n) is 17.6. The predicted molar refractivity (Wildman–Crippen MR) is 116 cm³/mol. The Kier molecular flexibility index (Phi) is 6.39. The molecule has 0 unspecified atom stereocenters. The number of aromatic amines is 1. The molecule has 7 nitrogen and oxygen atoms in total. The summed E-state index contributed by atoms with van der Waals surface area (Å²) in [5.41, 5.74) is 3.48. The molecule has 0 fully saturated rings. The van der Waals surface area contributed by atoms with Crippen LogP contribution >= 0.6 is 0 Å². The number of aryl methyl sites for hydroxylation is 1. The first kappa shape index (κ1) is 20.7. The maximum absolute atomic E-state index is 12.9. The van der Waals surface area contributed by atoms with E-state index in [9.17, 15) is 4.79 Å². The van der Waals surface area contributed by atoms with Gasteiger partial charge in [0.2, 0.25) is 5.95 Å². The fraction of sp³-hybridized carbons (Fsp3) is 0.364. The van der Waals surface area contributed by atoms with E-state index < -0.39 is 0 Å². The molecule has 0 aliphatic carbocycles. The molecule has 3 rings (SSSR count). The second kappa shape index (κ2) is 8.96. The lowest BCUT2D eigenvalue weighted by molar-refractivity contribution is 0.354. The van der Waals surface area contributed by atoms with Crippen molar-refractivity contribution in [1.82, 2.24) is 15.3 Å². The van der Waals surface area contributed by atoms with Gasteiger partial charge in [0.1, 0.15) is 0 Å². The summed E-state index contributed by atoms with van der Waals surface area (Å²) in [6.07, 6.45) is 0. The predicted octanol–water partition coefficient (Wildman–Crippen LogP) is 2.99. The quantitative estimate of drug-likeness (QED) is 0.609. The van der Waals surface area contributed by atoms with Crippen molar-refractivity contribution in [1.29, 1.82) is 0 Å². The number of H-pyrrole nitrogens is 1. The van der Waals surface area contributed by atoms with E-state index in [1.807, 2.05) is 31.9 Å². The lowest BCUT2D eigenvalue weighted by Gasteiger charge is -2.22. The number of nitrogens with zero attached hydrogens (tertiary/aromatic N) is 2. The van der Waals surface area contributed by atoms with E-state index in [1.54, 1.807) is 20.3 Å². The Balaban J connectivity index is 2.03. The van der Waals surface area contributed by atoms with Crippen molar-refractivity contribution in [3.63, 3.8) is 0 Å². The molecule has 0 aliphatic heterocycles. The SMILES string of the molecule is CCN(Cc1cccc(CNC)c1)c1nc2cc(OC)c(OC)c(C)c2c(=O)[nH]1. The van der Waals surface area contributed by atoms with Crippen LogP contribution in [0.2, 0.25) is 0 Å². The maximum atomic E-state index is 12.9. The van der Waals surface area contributed by atoms with Gasteiger partial charge >= 0.3 is 0 Å². The van der Waals surface area contributed by atoms with Gasteiger partial charge in [-0.1, -0.05) is 24.3 Å². The highest BCUT2D eigenvalue weighted by molar-refractivity contribution is 5.86. The van der Waals surface area contributed by atoms with Crippen LogP contribution in [0, 0.1) is 6.92 Å². The Labute approximate surface area is 170 Å². The van der Waals surface area contributed by atoms with Crippen LogP contribution in [0.25, 0.3) is 10.9 Å². The minimum absolute atomic E-state index is 0.189. The van der Waals surface area contributed by atoms with E-state index in [-0.39, 0.29) is 5.56 Å². The molecule has 0 atom stereocenters. The molecular weight excluding hydrogens is 368 g/mol. The van der Waals surface area contributed by atoms with Gasteiger partial charge in [0.15, 0.2) is 11.5 Å². The van der Waals surface area contributed by atoms with Crippen molar-refractivity contribution in [2.24, 2.45) is 0 Å². The van der Waals surface area contributed by atoms with Crippen LogP contribution in [0.5, 0.6) is 11.5 Å². The van der Waals surface area contributed by atoms with Gasteiger partial charge in [0.25, 0.3) is 5.56 Å².